The first-order valence-corrected chi connectivity index (χ1v) is 6.58. The van der Waals surface area contributed by atoms with Crippen molar-refractivity contribution in [1.29, 1.82) is 0 Å². The van der Waals surface area contributed by atoms with Gasteiger partial charge in [-0.3, -0.25) is 4.79 Å². The molecule has 0 spiro atoms. The third kappa shape index (κ3) is 6.66. The Morgan fingerprint density at radius 2 is 1.67 bits per heavy atom. The number of nitrogens with two attached hydrogens (primary N) is 1. The zero-order chi connectivity index (χ0) is 16.7. The summed E-state index contributed by atoms with van der Waals surface area (Å²) in [5, 5.41) is 53.0. The van der Waals surface area contributed by atoms with Gasteiger partial charge in [-0.25, -0.2) is 0 Å². The zero-order valence-corrected chi connectivity index (χ0v) is 12.0. The van der Waals surface area contributed by atoms with Crippen LogP contribution in [0.25, 0.3) is 0 Å². The van der Waals surface area contributed by atoms with Gasteiger partial charge < -0.3 is 41.1 Å². The molecular weight excluding hydrogens is 286 g/mol. The number of carboxylic acids is 1. The molecule has 0 bridgehead atoms. The second kappa shape index (κ2) is 9.26. The minimum atomic E-state index is -1.57. The van der Waals surface area contributed by atoms with E-state index in [1.54, 1.807) is 0 Å². The maximum Gasteiger partial charge on any atom is 0.320 e. The lowest BCUT2D eigenvalue weighted by Crippen LogP contribution is -2.58. The van der Waals surface area contributed by atoms with Gasteiger partial charge in [0.05, 0.1) is 6.61 Å². The van der Waals surface area contributed by atoms with E-state index in [1.807, 2.05) is 13.8 Å². The molecule has 0 radical (unpaired) electrons. The van der Waals surface area contributed by atoms with Gasteiger partial charge in [0.1, 0.15) is 30.5 Å². The molecule has 0 aromatic heterocycles. The van der Waals surface area contributed by atoms with Gasteiger partial charge in [0.25, 0.3) is 0 Å². The highest BCUT2D eigenvalue weighted by Crippen LogP contribution is 2.18. The third-order valence-corrected chi connectivity index (χ3v) is 2.91. The van der Waals surface area contributed by atoms with Crippen LogP contribution >= 0.6 is 0 Å². The molecule has 1 saturated heterocycles. The molecule has 9 heteroatoms. The molecule has 6 atom stereocenters. The number of hydrogen-bond acceptors (Lipinski definition) is 8. The summed E-state index contributed by atoms with van der Waals surface area (Å²) < 4.78 is 4.58. The summed E-state index contributed by atoms with van der Waals surface area (Å²) >= 11 is 0. The highest BCUT2D eigenvalue weighted by molar-refractivity contribution is 5.72. The van der Waals surface area contributed by atoms with Gasteiger partial charge in [-0.05, 0) is 12.3 Å². The molecule has 8 N–H and O–H groups in total. The number of rotatable bonds is 4. The van der Waals surface area contributed by atoms with Crippen LogP contribution in [0, 0.1) is 5.92 Å². The number of aliphatic hydroxyl groups excluding tert-OH is 5. The average Bonchev–Trinajstić information content (AvgIpc) is 2.40. The minimum absolute atomic E-state index is 0.357. The summed E-state index contributed by atoms with van der Waals surface area (Å²) in [5.74, 6) is -0.556. The monoisotopic (exact) mass is 311 g/mol. The van der Waals surface area contributed by atoms with E-state index in [0.29, 0.717) is 12.3 Å². The number of carboxylic acid groups (broad SMARTS) is 1. The Labute approximate surface area is 122 Å². The van der Waals surface area contributed by atoms with Crippen molar-refractivity contribution in [1.82, 2.24) is 0 Å². The zero-order valence-electron chi connectivity index (χ0n) is 12.0. The molecule has 1 rings (SSSR count). The van der Waals surface area contributed by atoms with E-state index in [1.165, 1.54) is 0 Å². The predicted octanol–water partition coefficient (Wildman–Crippen LogP) is -2.78. The van der Waals surface area contributed by atoms with Gasteiger partial charge in [-0.2, -0.15) is 0 Å². The van der Waals surface area contributed by atoms with Crippen LogP contribution in [0.2, 0.25) is 0 Å². The minimum Gasteiger partial charge on any atom is -0.480 e. The van der Waals surface area contributed by atoms with Crippen molar-refractivity contribution in [3.63, 3.8) is 0 Å². The molecule has 9 nitrogen and oxygen atoms in total. The fraction of sp³-hybridized carbons (Fsp3) is 0.917. The topological polar surface area (TPSA) is 174 Å². The molecule has 1 heterocycles. The van der Waals surface area contributed by atoms with E-state index in [2.05, 4.69) is 4.74 Å². The molecular formula is C12H25NO8. The van der Waals surface area contributed by atoms with E-state index in [-0.39, 0.29) is 0 Å². The van der Waals surface area contributed by atoms with Crippen LogP contribution in [0.15, 0.2) is 0 Å². The number of ether oxygens (including phenoxy) is 1. The van der Waals surface area contributed by atoms with Crippen LogP contribution in [0.3, 0.4) is 0 Å². The Bertz CT molecular complexity index is 309. The van der Waals surface area contributed by atoms with Gasteiger partial charge in [0.15, 0.2) is 6.29 Å². The van der Waals surface area contributed by atoms with E-state index in [4.69, 9.17) is 36.4 Å². The van der Waals surface area contributed by atoms with Crippen molar-refractivity contribution in [3.05, 3.63) is 0 Å². The van der Waals surface area contributed by atoms with Crippen LogP contribution in [0.4, 0.5) is 0 Å². The van der Waals surface area contributed by atoms with Crippen LogP contribution in [0.1, 0.15) is 20.3 Å². The number of aliphatic hydroxyl groups is 5. The SMILES string of the molecule is CC(C)CC(N)C(=O)O.OC[C@H]1OC(O)[C@H](O)[C@@H](O)[C@@H]1O. The lowest BCUT2D eigenvalue weighted by molar-refractivity contribution is -0.286. The van der Waals surface area contributed by atoms with E-state index in [0.717, 1.165) is 0 Å². The number of aliphatic carboxylic acids is 1. The first-order chi connectivity index (χ1) is 9.61. The van der Waals surface area contributed by atoms with E-state index < -0.39 is 49.3 Å². The molecule has 0 amide bonds. The van der Waals surface area contributed by atoms with Crippen LogP contribution in [-0.4, -0.2) is 80.0 Å². The van der Waals surface area contributed by atoms with Crippen LogP contribution in [-0.2, 0) is 9.53 Å². The van der Waals surface area contributed by atoms with Gasteiger partial charge in [0, 0.05) is 0 Å². The molecule has 0 aromatic carbocycles. The molecule has 0 saturated carbocycles. The lowest BCUT2D eigenvalue weighted by Gasteiger charge is -2.37. The maximum atomic E-state index is 10.1. The second-order valence-electron chi connectivity index (χ2n) is 5.29. The average molecular weight is 311 g/mol. The highest BCUT2D eigenvalue weighted by Gasteiger charge is 2.42. The lowest BCUT2D eigenvalue weighted by atomic mass is 10.00. The standard InChI is InChI=1S/C6H13NO2.C6H12O6/c1-4(2)3-5(7)6(8)9;7-1-2-3(8)4(9)5(10)6(11)12-2/h4-5H,3,7H2,1-2H3,(H,8,9);2-11H,1H2/t;2-,3-,4+,5-,6?/m.1/s1. The Balaban J connectivity index is 0.000000400. The van der Waals surface area contributed by atoms with Crippen LogP contribution in [0.5, 0.6) is 0 Å². The summed E-state index contributed by atoms with van der Waals surface area (Å²) in [5.41, 5.74) is 5.22. The maximum absolute atomic E-state index is 10.1. The largest absolute Gasteiger partial charge is 0.480 e. The van der Waals surface area contributed by atoms with E-state index >= 15 is 0 Å². The van der Waals surface area contributed by atoms with Crippen molar-refractivity contribution in [3.8, 4) is 0 Å². The normalized spacial score (nSPS) is 34.0. The molecule has 1 aliphatic rings. The molecule has 1 fully saturated rings. The van der Waals surface area contributed by atoms with Gasteiger partial charge in [-0.1, -0.05) is 13.8 Å². The van der Waals surface area contributed by atoms with Crippen molar-refractivity contribution < 1.29 is 40.2 Å². The van der Waals surface area contributed by atoms with Crippen molar-refractivity contribution >= 4 is 5.97 Å². The van der Waals surface area contributed by atoms with Crippen LogP contribution < -0.4 is 5.73 Å². The Kier molecular flexibility index (Phi) is 8.90. The predicted molar refractivity (Wildman–Crippen MR) is 71.1 cm³/mol. The molecule has 21 heavy (non-hydrogen) atoms. The number of carbonyl (C=O) groups is 1. The fourth-order valence-corrected chi connectivity index (χ4v) is 1.69. The summed E-state index contributed by atoms with van der Waals surface area (Å²) in [6.07, 6.45) is -6.49. The fourth-order valence-electron chi connectivity index (χ4n) is 1.69. The number of hydrogen-bond donors (Lipinski definition) is 7. The van der Waals surface area contributed by atoms with Crippen molar-refractivity contribution in [2.75, 3.05) is 6.61 Å². The first-order valence-electron chi connectivity index (χ1n) is 6.58. The smallest absolute Gasteiger partial charge is 0.320 e. The third-order valence-electron chi connectivity index (χ3n) is 2.91. The summed E-state index contributed by atoms with van der Waals surface area (Å²) in [6.45, 7) is 3.37. The molecule has 1 aliphatic heterocycles. The molecule has 0 aliphatic carbocycles. The van der Waals surface area contributed by atoms with Gasteiger partial charge >= 0.3 is 5.97 Å². The van der Waals surface area contributed by atoms with Gasteiger partial charge in [0.2, 0.25) is 0 Å². The van der Waals surface area contributed by atoms with E-state index in [9.17, 15) is 4.79 Å². The molecule has 2 unspecified atom stereocenters. The summed E-state index contributed by atoms with van der Waals surface area (Å²) in [7, 11) is 0. The Morgan fingerprint density at radius 1 is 1.14 bits per heavy atom. The van der Waals surface area contributed by atoms with Crippen molar-refractivity contribution in [2.45, 2.75) is 57.0 Å². The molecule has 0 aromatic rings. The Morgan fingerprint density at radius 3 is 2.00 bits per heavy atom. The van der Waals surface area contributed by atoms with Crippen molar-refractivity contribution in [2.24, 2.45) is 11.7 Å². The molecule has 126 valence electrons. The summed E-state index contributed by atoms with van der Waals surface area (Å²) in [4.78, 5) is 10.1. The second-order valence-corrected chi connectivity index (χ2v) is 5.29. The highest BCUT2D eigenvalue weighted by atomic mass is 16.6. The summed E-state index contributed by atoms with van der Waals surface area (Å²) in [6, 6.07) is -0.690. The first kappa shape index (κ1) is 20.2. The Hall–Kier alpha value is -0.810. The van der Waals surface area contributed by atoms with Gasteiger partial charge in [-0.15, -0.1) is 0 Å². The quantitative estimate of drug-likeness (QED) is 0.290.